The predicted molar refractivity (Wildman–Crippen MR) is 126 cm³/mol. The second-order valence-electron chi connectivity index (χ2n) is 6.42. The van der Waals surface area contributed by atoms with Gasteiger partial charge in [0, 0.05) is 11.4 Å². The maximum Gasteiger partial charge on any atom is 0.262 e. The maximum absolute atomic E-state index is 12.7. The van der Waals surface area contributed by atoms with Crippen LogP contribution in [0.3, 0.4) is 0 Å². The van der Waals surface area contributed by atoms with Crippen molar-refractivity contribution in [3.63, 3.8) is 0 Å². The van der Waals surface area contributed by atoms with E-state index in [-0.39, 0.29) is 4.90 Å². The van der Waals surface area contributed by atoms with Gasteiger partial charge in [0.1, 0.15) is 5.75 Å². The minimum Gasteiger partial charge on any atom is -0.495 e. The molecule has 3 aromatic rings. The summed E-state index contributed by atoms with van der Waals surface area (Å²) in [7, 11) is -2.27. The number of anilines is 3. The van der Waals surface area contributed by atoms with E-state index in [9.17, 15) is 8.42 Å². The number of thiocarbonyl (C=S) groups is 1. The number of ether oxygens (including phenoxy) is 1. The highest BCUT2D eigenvalue weighted by Gasteiger charge is 2.16. The van der Waals surface area contributed by atoms with E-state index in [0.29, 0.717) is 22.2 Å². The lowest BCUT2D eigenvalue weighted by atomic mass is 10.1. The Morgan fingerprint density at radius 1 is 0.900 bits per heavy atom. The zero-order chi connectivity index (χ0) is 21.6. The third kappa shape index (κ3) is 5.28. The molecule has 0 radical (unpaired) electrons. The SMILES string of the molecule is CCc1ccccc1NC(=S)Nc1ccc(S(=O)(=O)Nc2ccccc2OC)cc1. The van der Waals surface area contributed by atoms with E-state index in [0.717, 1.165) is 17.7 Å². The molecule has 156 valence electrons. The van der Waals surface area contributed by atoms with Crippen LogP contribution in [0.1, 0.15) is 12.5 Å². The van der Waals surface area contributed by atoms with Crippen LogP contribution in [0.25, 0.3) is 0 Å². The molecular formula is C22H23N3O3S2. The predicted octanol–water partition coefficient (Wildman–Crippen LogP) is 4.87. The molecule has 3 N–H and O–H groups in total. The number of hydrogen-bond acceptors (Lipinski definition) is 4. The molecule has 0 spiro atoms. The van der Waals surface area contributed by atoms with Crippen LogP contribution >= 0.6 is 12.2 Å². The second kappa shape index (κ2) is 9.60. The van der Waals surface area contributed by atoms with Crippen LogP contribution in [0.15, 0.2) is 77.7 Å². The highest BCUT2D eigenvalue weighted by Crippen LogP contribution is 2.26. The fourth-order valence-corrected chi connectivity index (χ4v) is 4.18. The van der Waals surface area contributed by atoms with Crippen molar-refractivity contribution in [1.82, 2.24) is 0 Å². The minimum atomic E-state index is -3.75. The summed E-state index contributed by atoms with van der Waals surface area (Å²) >= 11 is 5.38. The second-order valence-corrected chi connectivity index (χ2v) is 8.51. The number of sulfonamides is 1. The van der Waals surface area contributed by atoms with E-state index in [1.165, 1.54) is 19.2 Å². The molecule has 0 amide bonds. The van der Waals surface area contributed by atoms with Gasteiger partial charge in [-0.1, -0.05) is 37.3 Å². The zero-order valence-corrected chi connectivity index (χ0v) is 18.3. The van der Waals surface area contributed by atoms with Gasteiger partial charge >= 0.3 is 0 Å². The average Bonchev–Trinajstić information content (AvgIpc) is 2.74. The monoisotopic (exact) mass is 441 g/mol. The minimum absolute atomic E-state index is 0.133. The molecule has 3 rings (SSSR count). The van der Waals surface area contributed by atoms with Crippen LogP contribution in [0.2, 0.25) is 0 Å². The first-order chi connectivity index (χ1) is 14.4. The lowest BCUT2D eigenvalue weighted by Gasteiger charge is -2.14. The lowest BCUT2D eigenvalue weighted by Crippen LogP contribution is -2.20. The summed E-state index contributed by atoms with van der Waals surface area (Å²) in [6, 6.07) is 21.1. The Bertz CT molecular complexity index is 1130. The summed E-state index contributed by atoms with van der Waals surface area (Å²) in [4.78, 5) is 0.133. The molecule has 30 heavy (non-hydrogen) atoms. The Balaban J connectivity index is 1.69. The molecule has 0 saturated heterocycles. The molecule has 0 aliphatic carbocycles. The van der Waals surface area contributed by atoms with E-state index in [2.05, 4.69) is 22.3 Å². The number of rotatable bonds is 7. The molecule has 0 saturated carbocycles. The lowest BCUT2D eigenvalue weighted by molar-refractivity contribution is 0.417. The zero-order valence-electron chi connectivity index (χ0n) is 16.7. The Hall–Kier alpha value is -3.10. The smallest absolute Gasteiger partial charge is 0.262 e. The topological polar surface area (TPSA) is 79.5 Å². The van der Waals surface area contributed by atoms with E-state index in [1.54, 1.807) is 36.4 Å². The normalized spacial score (nSPS) is 10.9. The van der Waals surface area contributed by atoms with Gasteiger partial charge in [-0.3, -0.25) is 4.72 Å². The third-order valence-corrected chi connectivity index (χ3v) is 6.01. The highest BCUT2D eigenvalue weighted by molar-refractivity contribution is 7.92. The third-order valence-electron chi connectivity index (χ3n) is 4.42. The summed E-state index contributed by atoms with van der Waals surface area (Å²) in [6.45, 7) is 2.08. The summed E-state index contributed by atoms with van der Waals surface area (Å²) < 4.78 is 33.1. The highest BCUT2D eigenvalue weighted by atomic mass is 32.2. The van der Waals surface area contributed by atoms with Gasteiger partial charge in [0.2, 0.25) is 0 Å². The molecule has 8 heteroatoms. The van der Waals surface area contributed by atoms with Gasteiger partial charge in [0.15, 0.2) is 5.11 Å². The van der Waals surface area contributed by atoms with E-state index < -0.39 is 10.0 Å². The summed E-state index contributed by atoms with van der Waals surface area (Å²) in [5, 5.41) is 6.68. The Morgan fingerprint density at radius 2 is 1.53 bits per heavy atom. The van der Waals surface area contributed by atoms with Crippen molar-refractivity contribution >= 4 is 44.4 Å². The van der Waals surface area contributed by atoms with Crippen LogP contribution in [-0.4, -0.2) is 20.6 Å². The van der Waals surface area contributed by atoms with E-state index in [4.69, 9.17) is 17.0 Å². The fraction of sp³-hybridized carbons (Fsp3) is 0.136. The van der Waals surface area contributed by atoms with Gasteiger partial charge in [-0.2, -0.15) is 0 Å². The summed E-state index contributed by atoms with van der Waals surface area (Å²) in [5.74, 6) is 0.447. The Morgan fingerprint density at radius 3 is 2.20 bits per heavy atom. The molecule has 0 unspecified atom stereocenters. The first-order valence-corrected chi connectivity index (χ1v) is 11.2. The molecule has 0 aromatic heterocycles. The molecule has 0 bridgehead atoms. The van der Waals surface area contributed by atoms with Crippen LogP contribution in [0, 0.1) is 0 Å². The number of nitrogens with one attached hydrogen (secondary N) is 3. The maximum atomic E-state index is 12.7. The van der Waals surface area contributed by atoms with Gasteiger partial charge in [-0.15, -0.1) is 0 Å². The summed E-state index contributed by atoms with van der Waals surface area (Å²) in [5.41, 5.74) is 3.16. The van der Waals surface area contributed by atoms with Crippen LogP contribution in [0.4, 0.5) is 17.1 Å². The largest absolute Gasteiger partial charge is 0.495 e. The molecule has 0 aliphatic heterocycles. The van der Waals surface area contributed by atoms with E-state index >= 15 is 0 Å². The number of para-hydroxylation sites is 3. The fourth-order valence-electron chi connectivity index (χ4n) is 2.89. The van der Waals surface area contributed by atoms with Crippen molar-refractivity contribution in [2.45, 2.75) is 18.2 Å². The first kappa shape index (κ1) is 21.6. The molecule has 0 heterocycles. The molecule has 0 atom stereocenters. The van der Waals surface area contributed by atoms with Crippen LogP contribution in [0.5, 0.6) is 5.75 Å². The van der Waals surface area contributed by atoms with Crippen LogP contribution in [-0.2, 0) is 16.4 Å². The summed E-state index contributed by atoms with van der Waals surface area (Å²) in [6.07, 6.45) is 0.886. The van der Waals surface area contributed by atoms with Gasteiger partial charge < -0.3 is 15.4 Å². The number of methoxy groups -OCH3 is 1. The van der Waals surface area contributed by atoms with Gasteiger partial charge in [0.25, 0.3) is 10.0 Å². The number of hydrogen-bond donors (Lipinski definition) is 3. The standard InChI is InChI=1S/C22H23N3O3S2/c1-3-16-8-4-5-9-19(16)24-22(29)23-17-12-14-18(15-13-17)30(26,27)25-20-10-6-7-11-21(20)28-2/h4-15,25H,3H2,1-2H3,(H2,23,24,29). The molecule has 6 nitrogen and oxygen atoms in total. The van der Waals surface area contributed by atoms with Gasteiger partial charge in [-0.05, 0) is 66.7 Å². The molecule has 0 fully saturated rings. The average molecular weight is 442 g/mol. The molecule has 0 aliphatic rings. The van der Waals surface area contributed by atoms with Crippen molar-refractivity contribution < 1.29 is 13.2 Å². The molecular weight excluding hydrogens is 418 g/mol. The van der Waals surface area contributed by atoms with Crippen molar-refractivity contribution in [3.05, 3.63) is 78.4 Å². The number of aryl methyl sites for hydroxylation is 1. The van der Waals surface area contributed by atoms with Crippen molar-refractivity contribution in [2.24, 2.45) is 0 Å². The molecule has 3 aromatic carbocycles. The quantitative estimate of drug-likeness (QED) is 0.454. The van der Waals surface area contributed by atoms with Crippen molar-refractivity contribution in [3.8, 4) is 5.75 Å². The first-order valence-electron chi connectivity index (χ1n) is 9.34. The van der Waals surface area contributed by atoms with Gasteiger partial charge in [-0.25, -0.2) is 8.42 Å². The van der Waals surface area contributed by atoms with Gasteiger partial charge in [0.05, 0.1) is 17.7 Å². The van der Waals surface area contributed by atoms with E-state index in [1.807, 2.05) is 24.3 Å². The van der Waals surface area contributed by atoms with Crippen molar-refractivity contribution in [1.29, 1.82) is 0 Å². The Labute approximate surface area is 182 Å². The number of benzene rings is 3. The Kier molecular flexibility index (Phi) is 6.91. The van der Waals surface area contributed by atoms with Crippen molar-refractivity contribution in [2.75, 3.05) is 22.5 Å². The van der Waals surface area contributed by atoms with Crippen LogP contribution < -0.4 is 20.1 Å².